The van der Waals surface area contributed by atoms with Crippen molar-refractivity contribution in [2.45, 2.75) is 6.29 Å². The van der Waals surface area contributed by atoms with Crippen LogP contribution in [0.2, 0.25) is 0 Å². The molecule has 0 saturated heterocycles. The van der Waals surface area contributed by atoms with Gasteiger partial charge in [-0.1, -0.05) is 43.2 Å². The Bertz CT molecular complexity index is 2140. The van der Waals surface area contributed by atoms with Gasteiger partial charge in [-0.3, -0.25) is 5.43 Å². The van der Waals surface area contributed by atoms with Crippen LogP contribution in [0.5, 0.6) is 28.7 Å². The first-order chi connectivity index (χ1) is 24.6. The molecule has 5 aromatic rings. The van der Waals surface area contributed by atoms with Gasteiger partial charge < -0.3 is 28.8 Å². The van der Waals surface area contributed by atoms with Crippen molar-refractivity contribution in [2.75, 3.05) is 5.43 Å². The number of para-hydroxylation sites is 1. The van der Waals surface area contributed by atoms with Gasteiger partial charge in [-0.25, -0.2) is 24.2 Å². The minimum absolute atomic E-state index is 0.109. The van der Waals surface area contributed by atoms with Crippen LogP contribution in [-0.4, -0.2) is 40.2 Å². The Balaban J connectivity index is 1.40. The highest BCUT2D eigenvalue weighted by Gasteiger charge is 2.19. The van der Waals surface area contributed by atoms with Crippen molar-refractivity contribution in [1.82, 2.24) is 4.98 Å². The molecule has 0 aliphatic carbocycles. The van der Waals surface area contributed by atoms with Crippen LogP contribution in [0, 0.1) is 0 Å². The first-order valence-corrected chi connectivity index (χ1v) is 15.6. The fourth-order valence-electron chi connectivity index (χ4n) is 4.19. The van der Waals surface area contributed by atoms with E-state index in [9.17, 15) is 24.3 Å². The number of thiazole rings is 1. The number of rotatable bonds is 14. The third kappa shape index (κ3) is 9.38. The number of esters is 4. The van der Waals surface area contributed by atoms with Gasteiger partial charge >= 0.3 is 23.9 Å². The SMILES string of the molecule is C=CC(=O)Oc1ccc(C(=O)Oc2ccc(OC(O)c3ccc(OC(=O)C=C)c(OC(=O)C=C)c3)c(/C=N/Nc3nc4ccccc4s3)c2)cc1. The molecule has 0 amide bonds. The van der Waals surface area contributed by atoms with E-state index in [4.69, 9.17) is 23.7 Å². The molecule has 1 unspecified atom stereocenters. The van der Waals surface area contributed by atoms with Crippen molar-refractivity contribution in [3.8, 4) is 28.7 Å². The first kappa shape index (κ1) is 35.4. The molecule has 5 rings (SSSR count). The monoisotopic (exact) mass is 705 g/mol. The summed E-state index contributed by atoms with van der Waals surface area (Å²) < 4.78 is 27.7. The van der Waals surface area contributed by atoms with Crippen molar-refractivity contribution in [3.05, 3.63) is 140 Å². The van der Waals surface area contributed by atoms with E-state index in [2.05, 4.69) is 35.2 Å². The second kappa shape index (κ2) is 16.5. The van der Waals surface area contributed by atoms with E-state index in [-0.39, 0.29) is 45.4 Å². The lowest BCUT2D eigenvalue weighted by Gasteiger charge is -2.18. The van der Waals surface area contributed by atoms with Gasteiger partial charge in [0, 0.05) is 29.4 Å². The normalized spacial score (nSPS) is 11.2. The lowest BCUT2D eigenvalue weighted by Crippen LogP contribution is -2.12. The highest BCUT2D eigenvalue weighted by atomic mass is 32.1. The maximum Gasteiger partial charge on any atom is 0.343 e. The number of nitrogens with one attached hydrogen (secondary N) is 1. The molecule has 0 aliphatic rings. The maximum absolute atomic E-state index is 12.9. The smallest absolute Gasteiger partial charge is 0.343 e. The molecule has 0 fully saturated rings. The van der Waals surface area contributed by atoms with E-state index in [0.717, 1.165) is 28.4 Å². The number of aromatic nitrogens is 1. The molecule has 1 aromatic heterocycles. The first-order valence-electron chi connectivity index (χ1n) is 14.8. The van der Waals surface area contributed by atoms with Crippen LogP contribution in [0.1, 0.15) is 27.8 Å². The largest absolute Gasteiger partial charge is 0.460 e. The zero-order valence-corrected chi connectivity index (χ0v) is 27.3. The Morgan fingerprint density at radius 1 is 0.745 bits per heavy atom. The number of anilines is 1. The van der Waals surface area contributed by atoms with Crippen molar-refractivity contribution < 1.29 is 48.0 Å². The number of carbonyl (C=O) groups excluding carboxylic acids is 4. The van der Waals surface area contributed by atoms with Crippen LogP contribution in [0.4, 0.5) is 5.13 Å². The number of hydrogen-bond donors (Lipinski definition) is 2. The van der Waals surface area contributed by atoms with Crippen LogP contribution in [0.25, 0.3) is 10.2 Å². The quantitative estimate of drug-likeness (QED) is 0.0330. The Kier molecular flexibility index (Phi) is 11.4. The molecule has 0 bridgehead atoms. The lowest BCUT2D eigenvalue weighted by atomic mass is 10.1. The van der Waals surface area contributed by atoms with E-state index in [1.54, 1.807) is 0 Å². The molecule has 0 radical (unpaired) electrons. The van der Waals surface area contributed by atoms with Crippen LogP contribution < -0.4 is 29.1 Å². The highest BCUT2D eigenvalue weighted by Crippen LogP contribution is 2.34. The molecular weight excluding hydrogens is 678 g/mol. The van der Waals surface area contributed by atoms with E-state index in [1.807, 2.05) is 24.3 Å². The van der Waals surface area contributed by atoms with Gasteiger partial charge in [-0.15, -0.1) is 0 Å². The molecule has 0 aliphatic heterocycles. The van der Waals surface area contributed by atoms with E-state index < -0.39 is 30.2 Å². The third-order valence-corrected chi connectivity index (χ3v) is 7.51. The number of nitrogens with zero attached hydrogens (tertiary/aromatic N) is 2. The Morgan fingerprint density at radius 2 is 1.39 bits per heavy atom. The van der Waals surface area contributed by atoms with Crippen molar-refractivity contribution >= 4 is 56.8 Å². The van der Waals surface area contributed by atoms with Crippen LogP contribution in [0.3, 0.4) is 0 Å². The maximum atomic E-state index is 12.9. The van der Waals surface area contributed by atoms with E-state index in [0.29, 0.717) is 5.13 Å². The minimum atomic E-state index is -1.64. The second-order valence-corrected chi connectivity index (χ2v) is 11.1. The summed E-state index contributed by atoms with van der Waals surface area (Å²) in [5.74, 6) is -2.86. The lowest BCUT2D eigenvalue weighted by molar-refractivity contribution is -0.131. The van der Waals surface area contributed by atoms with Crippen molar-refractivity contribution in [1.29, 1.82) is 0 Å². The van der Waals surface area contributed by atoms with Gasteiger partial charge in [-0.2, -0.15) is 5.10 Å². The summed E-state index contributed by atoms with van der Waals surface area (Å²) in [6.45, 7) is 10.0. The molecule has 1 heterocycles. The van der Waals surface area contributed by atoms with Gasteiger partial charge in [0.2, 0.25) is 11.4 Å². The molecule has 0 saturated carbocycles. The van der Waals surface area contributed by atoms with E-state index >= 15 is 0 Å². The summed E-state index contributed by atoms with van der Waals surface area (Å²) >= 11 is 1.38. The standard InChI is InChI=1S/C37H27N3O10S/c1-4-32(41)46-25-14-11-22(12-15-25)35(44)47-26-16-18-28(24(19-26)21-38-40-37-39-27-9-7-8-10-31(27)51-37)50-36(45)23-13-17-29(48-33(42)5-2)30(20-23)49-34(43)6-3/h4-21,36,45H,1-3H2,(H,39,40)/b38-21+. The molecule has 51 heavy (non-hydrogen) atoms. The second-order valence-electron chi connectivity index (χ2n) is 10.0. The fraction of sp³-hybridized carbons (Fsp3) is 0.0270. The van der Waals surface area contributed by atoms with Gasteiger partial charge in [-0.05, 0) is 72.8 Å². The van der Waals surface area contributed by atoms with Crippen molar-refractivity contribution in [2.24, 2.45) is 5.10 Å². The van der Waals surface area contributed by atoms with Gasteiger partial charge in [0.15, 0.2) is 11.5 Å². The Morgan fingerprint density at radius 3 is 2.10 bits per heavy atom. The molecular formula is C37H27N3O10S. The fourth-order valence-corrected chi connectivity index (χ4v) is 5.00. The third-order valence-electron chi connectivity index (χ3n) is 6.57. The summed E-state index contributed by atoms with van der Waals surface area (Å²) in [5, 5.41) is 15.9. The molecule has 2 N–H and O–H groups in total. The average molecular weight is 706 g/mol. The number of fused-ring (bicyclic) bond motifs is 1. The predicted octanol–water partition coefficient (Wildman–Crippen LogP) is 6.31. The summed E-state index contributed by atoms with van der Waals surface area (Å²) in [5.41, 5.74) is 4.22. The summed E-state index contributed by atoms with van der Waals surface area (Å²) in [6.07, 6.45) is 2.60. The van der Waals surface area contributed by atoms with Crippen LogP contribution in [0.15, 0.2) is 128 Å². The Hall–Kier alpha value is -6.90. The van der Waals surface area contributed by atoms with Crippen LogP contribution in [-0.2, 0) is 14.4 Å². The number of hydrazone groups is 1. The molecule has 4 aromatic carbocycles. The number of benzene rings is 4. The van der Waals surface area contributed by atoms with E-state index in [1.165, 1.54) is 78.2 Å². The molecule has 0 spiro atoms. The number of carbonyl (C=O) groups is 4. The van der Waals surface area contributed by atoms with Gasteiger partial charge in [0.05, 0.1) is 22.0 Å². The summed E-state index contributed by atoms with van der Waals surface area (Å²) in [7, 11) is 0. The zero-order chi connectivity index (χ0) is 36.3. The minimum Gasteiger partial charge on any atom is -0.460 e. The molecule has 13 nitrogen and oxygen atoms in total. The Labute approximate surface area is 294 Å². The average Bonchev–Trinajstić information content (AvgIpc) is 3.56. The molecule has 256 valence electrons. The summed E-state index contributed by atoms with van der Waals surface area (Å²) in [4.78, 5) is 52.6. The summed E-state index contributed by atoms with van der Waals surface area (Å²) in [6, 6.07) is 21.6. The number of aliphatic hydroxyl groups is 1. The molecule has 1 atom stereocenters. The topological polar surface area (TPSA) is 172 Å². The highest BCUT2D eigenvalue weighted by molar-refractivity contribution is 7.22. The van der Waals surface area contributed by atoms with Crippen LogP contribution >= 0.6 is 11.3 Å². The van der Waals surface area contributed by atoms with Gasteiger partial charge in [0.25, 0.3) is 0 Å². The number of hydrogen-bond acceptors (Lipinski definition) is 14. The number of ether oxygens (including phenoxy) is 5. The van der Waals surface area contributed by atoms with Gasteiger partial charge in [0.1, 0.15) is 17.2 Å². The predicted molar refractivity (Wildman–Crippen MR) is 188 cm³/mol. The zero-order valence-electron chi connectivity index (χ0n) is 26.5. The molecule has 14 heteroatoms. The number of aliphatic hydroxyl groups excluding tert-OH is 1. The van der Waals surface area contributed by atoms with Crippen molar-refractivity contribution in [3.63, 3.8) is 0 Å².